The standard InChI is InChI=1S/C97H66N2O13/c100-78-43-25-65(26-44-78)91(63-21-39-76(40-22-63)98-96(105)70-35-53-87(54-36-70)111-89-59-72(92(101)66-27-45-83(46-28-66)107-79-13-5-1-6-14-79)57-73(60-89)93(102)67-29-47-84(48-30-67)108-80-15-7-2-8-16-80)64-23-41-77(42-24-64)99-97(106)71-37-55-88(56-38-71)112-90-61-74(94(103)68-31-49-85(50-32-68)109-81-17-9-3-10-18-81)58-75(62-90)95(104)69-33-51-86(52-34-69)110-82-19-11-4-12-20-82/h1-62,91,100H,(H,98,105)(H,99,106). The lowest BCUT2D eigenvalue weighted by atomic mass is 9.85. The molecule has 0 aliphatic rings. The van der Waals surface area contributed by atoms with Crippen LogP contribution in [0.4, 0.5) is 11.4 Å². The van der Waals surface area contributed by atoms with Crippen molar-refractivity contribution in [1.82, 2.24) is 0 Å². The van der Waals surface area contributed by atoms with E-state index < -0.39 is 0 Å². The summed E-state index contributed by atoms with van der Waals surface area (Å²) in [6.45, 7) is 0. The Labute approximate surface area is 644 Å². The smallest absolute Gasteiger partial charge is 0.255 e. The molecule has 112 heavy (non-hydrogen) atoms. The quantitative estimate of drug-likeness (QED) is 0.0324. The number of benzene rings is 15. The molecule has 15 rings (SSSR count). The van der Waals surface area contributed by atoms with Crippen molar-refractivity contribution in [3.05, 3.63) is 448 Å². The van der Waals surface area contributed by atoms with Gasteiger partial charge in [0.2, 0.25) is 0 Å². The molecule has 0 saturated heterocycles. The van der Waals surface area contributed by atoms with Crippen LogP contribution in [0.1, 0.15) is 107 Å². The third-order valence-corrected chi connectivity index (χ3v) is 18.2. The Kier molecular flexibility index (Phi) is 21.6. The maximum Gasteiger partial charge on any atom is 0.255 e. The van der Waals surface area contributed by atoms with Crippen molar-refractivity contribution in [3.8, 4) is 74.7 Å². The van der Waals surface area contributed by atoms with Crippen LogP contribution in [0, 0.1) is 0 Å². The van der Waals surface area contributed by atoms with E-state index in [2.05, 4.69) is 10.6 Å². The zero-order chi connectivity index (χ0) is 76.7. The summed E-state index contributed by atoms with van der Waals surface area (Å²) in [4.78, 5) is 84.8. The number of hydrogen-bond acceptors (Lipinski definition) is 13. The highest BCUT2D eigenvalue weighted by atomic mass is 16.5. The zero-order valence-corrected chi connectivity index (χ0v) is 59.7. The predicted molar refractivity (Wildman–Crippen MR) is 429 cm³/mol. The third kappa shape index (κ3) is 18.0. The van der Waals surface area contributed by atoms with Gasteiger partial charge in [-0.15, -0.1) is 0 Å². The largest absolute Gasteiger partial charge is 0.508 e. The molecule has 15 aromatic rings. The van der Waals surface area contributed by atoms with Gasteiger partial charge in [-0.25, -0.2) is 0 Å². The normalized spacial score (nSPS) is 10.8. The molecule has 15 heteroatoms. The summed E-state index contributed by atoms with van der Waals surface area (Å²) in [5, 5.41) is 16.3. The van der Waals surface area contributed by atoms with E-state index in [-0.39, 0.29) is 80.4 Å². The molecular formula is C97H66N2O13. The van der Waals surface area contributed by atoms with Crippen molar-refractivity contribution in [2.24, 2.45) is 0 Å². The molecule has 2 amide bonds. The van der Waals surface area contributed by atoms with Crippen LogP contribution in [-0.4, -0.2) is 40.1 Å². The van der Waals surface area contributed by atoms with Gasteiger partial charge < -0.3 is 44.2 Å². The van der Waals surface area contributed by atoms with Crippen molar-refractivity contribution in [2.45, 2.75) is 5.92 Å². The summed E-state index contributed by atoms with van der Waals surface area (Å²) in [5.41, 5.74) is 6.62. The van der Waals surface area contributed by atoms with Crippen LogP contribution in [0.25, 0.3) is 0 Å². The number of nitrogens with one attached hydrogen (secondary N) is 2. The molecule has 0 bridgehead atoms. The van der Waals surface area contributed by atoms with Crippen LogP contribution in [-0.2, 0) is 0 Å². The summed E-state index contributed by atoms with van der Waals surface area (Å²) in [6.07, 6.45) is 0. The number of ether oxygens (including phenoxy) is 6. The number of para-hydroxylation sites is 4. The molecule has 3 N–H and O–H groups in total. The monoisotopic (exact) mass is 1470 g/mol. The van der Waals surface area contributed by atoms with E-state index in [4.69, 9.17) is 28.4 Å². The van der Waals surface area contributed by atoms with Crippen LogP contribution in [0.3, 0.4) is 0 Å². The Balaban J connectivity index is 0.603. The summed E-state index contributed by atoms with van der Waals surface area (Å²) in [6, 6.07) is 108. The highest BCUT2D eigenvalue weighted by molar-refractivity contribution is 6.15. The number of carbonyl (C=O) groups is 6. The number of hydrogen-bond donors (Lipinski definition) is 3. The van der Waals surface area contributed by atoms with Gasteiger partial charge in [0.25, 0.3) is 11.8 Å². The number of phenolic OH excluding ortho intramolecular Hbond substituents is 1. The van der Waals surface area contributed by atoms with Gasteiger partial charge in [-0.3, -0.25) is 28.8 Å². The van der Waals surface area contributed by atoms with Gasteiger partial charge in [0.15, 0.2) is 23.1 Å². The fourth-order valence-corrected chi connectivity index (χ4v) is 12.5. The van der Waals surface area contributed by atoms with Gasteiger partial charge in [0.05, 0.1) is 0 Å². The van der Waals surface area contributed by atoms with E-state index in [1.807, 2.05) is 158 Å². The fourth-order valence-electron chi connectivity index (χ4n) is 12.5. The summed E-state index contributed by atoms with van der Waals surface area (Å²) in [7, 11) is 0. The Bertz CT molecular complexity index is 5280. The fraction of sp³-hybridized carbons (Fsp3) is 0.0103. The highest BCUT2D eigenvalue weighted by Crippen LogP contribution is 2.37. The van der Waals surface area contributed by atoms with Crippen LogP contribution in [0.15, 0.2) is 376 Å². The van der Waals surface area contributed by atoms with Gasteiger partial charge in [-0.1, -0.05) is 109 Å². The number of rotatable bonds is 27. The number of aromatic hydroxyl groups is 1. The molecule has 0 heterocycles. The van der Waals surface area contributed by atoms with E-state index in [0.717, 1.165) is 16.7 Å². The lowest BCUT2D eigenvalue weighted by molar-refractivity contribution is 0.101. The van der Waals surface area contributed by atoms with E-state index in [1.54, 1.807) is 218 Å². The average Bonchev–Trinajstić information content (AvgIpc) is 0.810. The minimum atomic E-state index is -0.389. The summed E-state index contributed by atoms with van der Waals surface area (Å²) >= 11 is 0. The Morgan fingerprint density at radius 1 is 0.205 bits per heavy atom. The number of carbonyl (C=O) groups excluding carboxylic acids is 6. The second kappa shape index (κ2) is 33.5. The summed E-state index contributed by atoms with van der Waals surface area (Å²) < 4.78 is 36.6. The first kappa shape index (κ1) is 72.1. The molecule has 0 aliphatic heterocycles. The maximum atomic E-state index is 14.2. The Morgan fingerprint density at radius 3 is 0.652 bits per heavy atom. The van der Waals surface area contributed by atoms with Crippen molar-refractivity contribution < 1.29 is 62.3 Å². The minimum Gasteiger partial charge on any atom is -0.508 e. The van der Waals surface area contributed by atoms with Gasteiger partial charge in [0.1, 0.15) is 74.7 Å². The first-order chi connectivity index (χ1) is 54.8. The molecule has 0 spiro atoms. The molecule has 0 fully saturated rings. The van der Waals surface area contributed by atoms with E-state index in [1.165, 1.54) is 0 Å². The molecule has 0 radical (unpaired) electrons. The van der Waals surface area contributed by atoms with E-state index in [9.17, 15) is 33.9 Å². The Hall–Kier alpha value is -15.5. The topological polar surface area (TPSA) is 202 Å². The molecule has 0 atom stereocenters. The third-order valence-electron chi connectivity index (χ3n) is 18.2. The SMILES string of the molecule is O=C(Nc1ccc(C(c2ccc(O)cc2)c2ccc(NC(=O)c3ccc(Oc4cc(C(=O)c5ccc(Oc6ccccc6)cc5)cc(C(=O)c5ccc(Oc6ccccc6)cc5)c4)cc3)cc2)cc1)c1ccc(Oc2cc(C(=O)c3ccc(Oc4ccccc4)cc3)cc(C(=O)c3ccc(Oc4ccccc4)cc3)c2)cc1. The molecule has 15 aromatic carbocycles. The maximum absolute atomic E-state index is 14.2. The van der Waals surface area contributed by atoms with Crippen molar-refractivity contribution in [2.75, 3.05) is 10.6 Å². The lowest BCUT2D eigenvalue weighted by Crippen LogP contribution is -2.12. The lowest BCUT2D eigenvalue weighted by Gasteiger charge is -2.20. The molecule has 542 valence electrons. The van der Waals surface area contributed by atoms with Gasteiger partial charge >= 0.3 is 0 Å². The first-order valence-electron chi connectivity index (χ1n) is 35.8. The van der Waals surface area contributed by atoms with Crippen LogP contribution in [0.5, 0.6) is 74.7 Å². The minimum absolute atomic E-state index is 0.103. The Morgan fingerprint density at radius 2 is 0.411 bits per heavy atom. The van der Waals surface area contributed by atoms with Crippen LogP contribution < -0.4 is 39.1 Å². The molecule has 0 unspecified atom stereocenters. The molecule has 15 nitrogen and oxygen atoms in total. The molecule has 0 aromatic heterocycles. The number of anilines is 2. The van der Waals surface area contributed by atoms with Crippen molar-refractivity contribution in [3.63, 3.8) is 0 Å². The highest BCUT2D eigenvalue weighted by Gasteiger charge is 2.23. The van der Waals surface area contributed by atoms with Gasteiger partial charge in [-0.2, -0.15) is 0 Å². The number of phenols is 1. The van der Waals surface area contributed by atoms with Gasteiger partial charge in [-0.05, 0) is 284 Å². The molecular weight excluding hydrogens is 1400 g/mol. The second-order valence-corrected chi connectivity index (χ2v) is 26.0. The van der Waals surface area contributed by atoms with Crippen LogP contribution in [0.2, 0.25) is 0 Å². The van der Waals surface area contributed by atoms with Crippen molar-refractivity contribution in [1.29, 1.82) is 0 Å². The predicted octanol–water partition coefficient (Wildman–Crippen LogP) is 22.8. The summed E-state index contributed by atoms with van der Waals surface area (Å²) in [5.74, 6) is 3.45. The first-order valence-corrected chi connectivity index (χ1v) is 35.8. The number of ketones is 4. The zero-order valence-electron chi connectivity index (χ0n) is 59.7. The van der Waals surface area contributed by atoms with Crippen molar-refractivity contribution >= 4 is 46.3 Å². The average molecular weight is 1470 g/mol. The molecule has 0 aliphatic carbocycles. The van der Waals surface area contributed by atoms with Gasteiger partial charge in [0, 0.05) is 72.9 Å². The second-order valence-electron chi connectivity index (χ2n) is 26.0. The van der Waals surface area contributed by atoms with Crippen LogP contribution >= 0.6 is 0 Å². The molecule has 0 saturated carbocycles. The van der Waals surface area contributed by atoms with E-state index in [0.29, 0.717) is 102 Å². The number of amides is 2. The van der Waals surface area contributed by atoms with E-state index >= 15 is 0 Å².